The van der Waals surface area contributed by atoms with Crippen LogP contribution in [0.2, 0.25) is 0 Å². The molecular weight excluding hydrogens is 309 g/mol. The number of rotatable bonds is 1. The molecule has 0 radical (unpaired) electrons. The van der Waals surface area contributed by atoms with E-state index in [1.54, 1.807) is 17.5 Å². The van der Waals surface area contributed by atoms with E-state index in [1.165, 1.54) is 6.07 Å². The molecule has 0 unspecified atom stereocenters. The van der Waals surface area contributed by atoms with Crippen molar-refractivity contribution >= 4 is 28.2 Å². The molecule has 3 aromatic rings. The number of aryl methyl sites for hydroxylation is 1. The molecule has 1 fully saturated rings. The van der Waals surface area contributed by atoms with Crippen molar-refractivity contribution in [3.05, 3.63) is 35.2 Å². The first-order valence-corrected chi connectivity index (χ1v) is 7.74. The highest BCUT2D eigenvalue weighted by Crippen LogP contribution is 2.29. The van der Waals surface area contributed by atoms with E-state index in [9.17, 15) is 4.39 Å². The Morgan fingerprint density at radius 3 is 2.62 bits per heavy atom. The lowest BCUT2D eigenvalue weighted by atomic mass is 10.2. The van der Waals surface area contributed by atoms with Crippen LogP contribution >= 0.6 is 0 Å². The van der Waals surface area contributed by atoms with Crippen LogP contribution in [0.5, 0.6) is 0 Å². The lowest BCUT2D eigenvalue weighted by molar-refractivity contribution is 0.310. The molecule has 0 bridgehead atoms. The van der Waals surface area contributed by atoms with Crippen molar-refractivity contribution < 1.29 is 4.39 Å². The fourth-order valence-corrected chi connectivity index (χ4v) is 3.02. The summed E-state index contributed by atoms with van der Waals surface area (Å²) in [4.78, 5) is 16.6. The van der Waals surface area contributed by atoms with Crippen LogP contribution in [0.4, 0.5) is 16.0 Å². The zero-order valence-corrected chi connectivity index (χ0v) is 13.5. The number of piperazine rings is 1. The summed E-state index contributed by atoms with van der Waals surface area (Å²) in [6.45, 7) is 12.3. The molecule has 24 heavy (non-hydrogen) atoms. The molecule has 1 aliphatic rings. The van der Waals surface area contributed by atoms with Crippen LogP contribution in [-0.2, 0) is 0 Å². The molecule has 0 aliphatic carbocycles. The van der Waals surface area contributed by atoms with Crippen LogP contribution in [0.3, 0.4) is 0 Å². The van der Waals surface area contributed by atoms with Gasteiger partial charge in [0.25, 0.3) is 0 Å². The van der Waals surface area contributed by atoms with Crippen LogP contribution in [0.25, 0.3) is 21.4 Å². The number of hydrogen-bond donors (Lipinski definition) is 0. The van der Waals surface area contributed by atoms with Crippen molar-refractivity contribution in [3.8, 4) is 0 Å². The summed E-state index contributed by atoms with van der Waals surface area (Å²) in [5, 5.41) is 4.94. The van der Waals surface area contributed by atoms with Crippen molar-refractivity contribution in [1.82, 2.24) is 24.5 Å². The lowest BCUT2D eigenvalue weighted by Crippen LogP contribution is -2.45. The fourth-order valence-electron chi connectivity index (χ4n) is 3.02. The molecule has 7 nitrogen and oxygen atoms in total. The SMILES string of the molecule is [C-]#[N+]c1cc(F)c2nc(N3CCN(C)CC3)n3nc(C)nc3c2c1. The molecule has 0 spiro atoms. The number of likely N-dealkylation sites (N-methyl/N-ethyl adjacent to an activating group) is 1. The van der Waals surface area contributed by atoms with E-state index in [0.29, 0.717) is 22.8 Å². The van der Waals surface area contributed by atoms with Gasteiger partial charge in [0.15, 0.2) is 11.3 Å². The van der Waals surface area contributed by atoms with E-state index < -0.39 is 5.82 Å². The van der Waals surface area contributed by atoms with Gasteiger partial charge in [0, 0.05) is 31.6 Å². The number of hydrogen-bond acceptors (Lipinski definition) is 5. The van der Waals surface area contributed by atoms with Gasteiger partial charge in [-0.2, -0.15) is 4.52 Å². The first kappa shape index (κ1) is 14.8. The number of nitrogens with zero attached hydrogens (tertiary/aromatic N) is 7. The maximum atomic E-state index is 14.5. The van der Waals surface area contributed by atoms with E-state index in [2.05, 4.69) is 36.8 Å². The first-order chi connectivity index (χ1) is 11.6. The van der Waals surface area contributed by atoms with Gasteiger partial charge in [-0.25, -0.2) is 19.2 Å². The van der Waals surface area contributed by atoms with E-state index in [0.717, 1.165) is 26.2 Å². The average molecular weight is 325 g/mol. The second-order valence-corrected chi connectivity index (χ2v) is 6.03. The summed E-state index contributed by atoms with van der Waals surface area (Å²) >= 11 is 0. The largest absolute Gasteiger partial charge is 0.338 e. The standard InChI is InChI=1S/C16H16FN7/c1-10-19-15-12-8-11(18-2)9-13(17)14(12)20-16(24(15)21-10)23-6-4-22(3)5-7-23/h8-9H,4-7H2,1,3H3. The van der Waals surface area contributed by atoms with Gasteiger partial charge in [0.2, 0.25) is 5.95 Å². The van der Waals surface area contributed by atoms with Gasteiger partial charge in [-0.15, -0.1) is 5.10 Å². The molecule has 1 aromatic carbocycles. The monoisotopic (exact) mass is 325 g/mol. The minimum atomic E-state index is -0.503. The van der Waals surface area contributed by atoms with Gasteiger partial charge in [-0.3, -0.25) is 0 Å². The van der Waals surface area contributed by atoms with E-state index >= 15 is 0 Å². The summed E-state index contributed by atoms with van der Waals surface area (Å²) in [5.41, 5.74) is 1.00. The molecule has 2 aromatic heterocycles. The van der Waals surface area contributed by atoms with Crippen LogP contribution in [0.1, 0.15) is 5.82 Å². The Balaban J connectivity index is 2.00. The van der Waals surface area contributed by atoms with Gasteiger partial charge in [-0.1, -0.05) is 0 Å². The third kappa shape index (κ3) is 2.25. The van der Waals surface area contributed by atoms with E-state index in [4.69, 9.17) is 6.57 Å². The zero-order chi connectivity index (χ0) is 16.8. The maximum absolute atomic E-state index is 14.5. The van der Waals surface area contributed by atoms with Crippen molar-refractivity contribution in [2.75, 3.05) is 38.1 Å². The highest BCUT2D eigenvalue weighted by Gasteiger charge is 2.22. The van der Waals surface area contributed by atoms with Crippen LogP contribution < -0.4 is 4.90 Å². The third-order valence-electron chi connectivity index (χ3n) is 4.32. The summed E-state index contributed by atoms with van der Waals surface area (Å²) in [7, 11) is 2.08. The molecule has 0 N–H and O–H groups in total. The molecule has 8 heteroatoms. The molecule has 1 aliphatic heterocycles. The minimum Gasteiger partial charge on any atom is -0.338 e. The Bertz CT molecular complexity index is 980. The highest BCUT2D eigenvalue weighted by molar-refractivity contribution is 5.95. The summed E-state index contributed by atoms with van der Waals surface area (Å²) in [5.74, 6) is 0.686. The van der Waals surface area contributed by atoms with Crippen molar-refractivity contribution in [2.45, 2.75) is 6.92 Å². The molecule has 4 rings (SSSR count). The predicted molar refractivity (Wildman–Crippen MR) is 89.0 cm³/mol. The van der Waals surface area contributed by atoms with E-state index in [-0.39, 0.29) is 11.2 Å². The highest BCUT2D eigenvalue weighted by atomic mass is 19.1. The fraction of sp³-hybridized carbons (Fsp3) is 0.375. The van der Waals surface area contributed by atoms with Gasteiger partial charge < -0.3 is 9.80 Å². The molecule has 0 amide bonds. The van der Waals surface area contributed by atoms with Crippen LogP contribution in [0.15, 0.2) is 12.1 Å². The minimum absolute atomic E-state index is 0.233. The number of fused-ring (bicyclic) bond motifs is 3. The zero-order valence-electron chi connectivity index (χ0n) is 13.5. The smallest absolute Gasteiger partial charge is 0.229 e. The normalized spacial score (nSPS) is 16.0. The Morgan fingerprint density at radius 2 is 1.92 bits per heavy atom. The number of anilines is 1. The average Bonchev–Trinajstić information content (AvgIpc) is 2.97. The Morgan fingerprint density at radius 1 is 1.17 bits per heavy atom. The molecule has 3 heterocycles. The summed E-state index contributed by atoms with van der Waals surface area (Å²) in [6, 6.07) is 2.84. The molecule has 1 saturated heterocycles. The number of benzene rings is 1. The Labute approximate surface area is 138 Å². The van der Waals surface area contributed by atoms with Crippen molar-refractivity contribution in [1.29, 1.82) is 0 Å². The molecule has 0 saturated carbocycles. The molecule has 0 atom stereocenters. The van der Waals surface area contributed by atoms with Gasteiger partial charge in [0.05, 0.1) is 6.57 Å². The van der Waals surface area contributed by atoms with Gasteiger partial charge in [-0.05, 0) is 26.1 Å². The molecule has 122 valence electrons. The lowest BCUT2D eigenvalue weighted by Gasteiger charge is -2.33. The Hall–Kier alpha value is -2.79. The second kappa shape index (κ2) is 5.39. The first-order valence-electron chi connectivity index (χ1n) is 7.74. The third-order valence-corrected chi connectivity index (χ3v) is 4.32. The number of halogens is 1. The van der Waals surface area contributed by atoms with Gasteiger partial charge in [0.1, 0.15) is 17.2 Å². The second-order valence-electron chi connectivity index (χ2n) is 6.03. The summed E-state index contributed by atoms with van der Waals surface area (Å²) < 4.78 is 16.2. The van der Waals surface area contributed by atoms with Gasteiger partial charge >= 0.3 is 0 Å². The quantitative estimate of drug-likeness (QED) is 0.641. The van der Waals surface area contributed by atoms with Crippen LogP contribution in [-0.4, -0.2) is 57.7 Å². The van der Waals surface area contributed by atoms with Crippen molar-refractivity contribution in [2.24, 2.45) is 0 Å². The van der Waals surface area contributed by atoms with Crippen molar-refractivity contribution in [3.63, 3.8) is 0 Å². The van der Waals surface area contributed by atoms with Crippen LogP contribution in [0, 0.1) is 19.3 Å². The van der Waals surface area contributed by atoms with E-state index in [1.807, 2.05) is 0 Å². The Kier molecular flexibility index (Phi) is 3.32. The number of aromatic nitrogens is 4. The predicted octanol–water partition coefficient (Wildman–Crippen LogP) is 2.03. The summed E-state index contributed by atoms with van der Waals surface area (Å²) in [6.07, 6.45) is 0. The topological polar surface area (TPSA) is 53.9 Å². The molecular formula is C16H16FN7. The maximum Gasteiger partial charge on any atom is 0.229 e.